The summed E-state index contributed by atoms with van der Waals surface area (Å²) in [7, 11) is 0. The van der Waals surface area contributed by atoms with Crippen molar-refractivity contribution in [3.63, 3.8) is 0 Å². The Balaban J connectivity index is 1.85. The van der Waals surface area contributed by atoms with Gasteiger partial charge in [0.25, 0.3) is 0 Å². The molecule has 0 saturated carbocycles. The SMILES string of the molecule is NCCCC(=O)N1CCN(c2ncc(Br)cn2)CC1. The van der Waals surface area contributed by atoms with E-state index >= 15 is 0 Å². The first-order valence-electron chi connectivity index (χ1n) is 6.41. The molecule has 1 aromatic heterocycles. The van der Waals surface area contributed by atoms with Gasteiger partial charge in [0, 0.05) is 45.0 Å². The molecule has 7 heteroatoms. The number of hydrogen-bond donors (Lipinski definition) is 1. The molecule has 1 saturated heterocycles. The van der Waals surface area contributed by atoms with Crippen molar-refractivity contribution >= 4 is 27.8 Å². The van der Waals surface area contributed by atoms with E-state index < -0.39 is 0 Å². The molecule has 1 aromatic rings. The van der Waals surface area contributed by atoms with Gasteiger partial charge in [0.2, 0.25) is 11.9 Å². The second kappa shape index (κ2) is 6.81. The summed E-state index contributed by atoms with van der Waals surface area (Å²) in [6, 6.07) is 0. The van der Waals surface area contributed by atoms with Gasteiger partial charge in [0.05, 0.1) is 4.47 Å². The van der Waals surface area contributed by atoms with Crippen LogP contribution >= 0.6 is 15.9 Å². The molecule has 1 amide bonds. The maximum absolute atomic E-state index is 11.9. The number of halogens is 1. The van der Waals surface area contributed by atoms with Gasteiger partial charge in [-0.1, -0.05) is 0 Å². The maximum Gasteiger partial charge on any atom is 0.225 e. The van der Waals surface area contributed by atoms with E-state index in [2.05, 4.69) is 30.8 Å². The number of piperazine rings is 1. The average molecular weight is 328 g/mol. The Bertz CT molecular complexity index is 417. The molecule has 0 aromatic carbocycles. The minimum absolute atomic E-state index is 0.196. The van der Waals surface area contributed by atoms with E-state index in [9.17, 15) is 4.79 Å². The molecular formula is C12H18BrN5O. The molecule has 2 heterocycles. The second-order valence-electron chi connectivity index (χ2n) is 4.46. The van der Waals surface area contributed by atoms with Crippen LogP contribution in [0.3, 0.4) is 0 Å². The fourth-order valence-corrected chi connectivity index (χ4v) is 2.24. The zero-order chi connectivity index (χ0) is 13.7. The summed E-state index contributed by atoms with van der Waals surface area (Å²) in [5.74, 6) is 0.916. The van der Waals surface area contributed by atoms with E-state index in [4.69, 9.17) is 5.73 Å². The number of anilines is 1. The van der Waals surface area contributed by atoms with Crippen LogP contribution in [0.1, 0.15) is 12.8 Å². The molecule has 1 aliphatic rings. The molecule has 0 spiro atoms. The number of nitrogens with two attached hydrogens (primary N) is 1. The minimum Gasteiger partial charge on any atom is -0.339 e. The Morgan fingerprint density at radius 2 is 1.89 bits per heavy atom. The molecular weight excluding hydrogens is 310 g/mol. The Morgan fingerprint density at radius 3 is 2.47 bits per heavy atom. The van der Waals surface area contributed by atoms with E-state index in [0.717, 1.165) is 43.0 Å². The first-order valence-corrected chi connectivity index (χ1v) is 7.20. The van der Waals surface area contributed by atoms with Gasteiger partial charge in [-0.05, 0) is 28.9 Å². The average Bonchev–Trinajstić information content (AvgIpc) is 2.46. The van der Waals surface area contributed by atoms with Gasteiger partial charge >= 0.3 is 0 Å². The van der Waals surface area contributed by atoms with Crippen LogP contribution in [0.5, 0.6) is 0 Å². The lowest BCUT2D eigenvalue weighted by Crippen LogP contribution is -2.49. The normalized spacial score (nSPS) is 15.7. The van der Waals surface area contributed by atoms with E-state index in [1.807, 2.05) is 4.90 Å². The Morgan fingerprint density at radius 1 is 1.26 bits per heavy atom. The summed E-state index contributed by atoms with van der Waals surface area (Å²) < 4.78 is 0.867. The minimum atomic E-state index is 0.196. The number of aromatic nitrogens is 2. The molecule has 0 atom stereocenters. The van der Waals surface area contributed by atoms with Crippen molar-refractivity contribution in [1.82, 2.24) is 14.9 Å². The molecule has 2 rings (SSSR count). The standard InChI is InChI=1S/C12H18BrN5O/c13-10-8-15-12(16-9-10)18-6-4-17(5-7-18)11(19)2-1-3-14/h8-9H,1-7,14H2. The van der Waals surface area contributed by atoms with Crippen molar-refractivity contribution in [2.45, 2.75) is 12.8 Å². The predicted molar refractivity (Wildman–Crippen MR) is 76.8 cm³/mol. The molecule has 0 unspecified atom stereocenters. The van der Waals surface area contributed by atoms with Crippen LogP contribution in [0, 0.1) is 0 Å². The lowest BCUT2D eigenvalue weighted by molar-refractivity contribution is -0.131. The van der Waals surface area contributed by atoms with Crippen molar-refractivity contribution in [2.24, 2.45) is 5.73 Å². The van der Waals surface area contributed by atoms with Crippen LogP contribution < -0.4 is 10.6 Å². The highest BCUT2D eigenvalue weighted by Crippen LogP contribution is 2.13. The molecule has 1 fully saturated rings. The van der Waals surface area contributed by atoms with Crippen LogP contribution in [0.2, 0.25) is 0 Å². The molecule has 0 radical (unpaired) electrons. The third kappa shape index (κ3) is 3.87. The first kappa shape index (κ1) is 14.2. The molecule has 2 N–H and O–H groups in total. The second-order valence-corrected chi connectivity index (χ2v) is 5.38. The largest absolute Gasteiger partial charge is 0.339 e. The molecule has 104 valence electrons. The van der Waals surface area contributed by atoms with Crippen LogP contribution in [0.15, 0.2) is 16.9 Å². The number of carbonyl (C=O) groups is 1. The Hall–Kier alpha value is -1.21. The van der Waals surface area contributed by atoms with Gasteiger partial charge in [0.1, 0.15) is 0 Å². The third-order valence-electron chi connectivity index (χ3n) is 3.12. The molecule has 19 heavy (non-hydrogen) atoms. The number of nitrogens with zero attached hydrogens (tertiary/aromatic N) is 4. The number of hydrogen-bond acceptors (Lipinski definition) is 5. The summed E-state index contributed by atoms with van der Waals surface area (Å²) in [6.07, 6.45) is 4.78. The summed E-state index contributed by atoms with van der Waals surface area (Å²) in [6.45, 7) is 3.57. The molecule has 0 aliphatic carbocycles. The van der Waals surface area contributed by atoms with E-state index in [1.54, 1.807) is 12.4 Å². The van der Waals surface area contributed by atoms with Crippen LogP contribution in [0.4, 0.5) is 5.95 Å². The summed E-state index contributed by atoms with van der Waals surface area (Å²) >= 11 is 3.32. The summed E-state index contributed by atoms with van der Waals surface area (Å²) in [5.41, 5.74) is 5.42. The summed E-state index contributed by atoms with van der Waals surface area (Å²) in [5, 5.41) is 0. The lowest BCUT2D eigenvalue weighted by atomic mass is 10.2. The monoisotopic (exact) mass is 327 g/mol. The molecule has 1 aliphatic heterocycles. The van der Waals surface area contributed by atoms with Gasteiger partial charge in [-0.3, -0.25) is 4.79 Å². The number of carbonyl (C=O) groups excluding carboxylic acids is 1. The molecule has 6 nitrogen and oxygen atoms in total. The van der Waals surface area contributed by atoms with Crippen LogP contribution in [0.25, 0.3) is 0 Å². The van der Waals surface area contributed by atoms with E-state index in [1.165, 1.54) is 0 Å². The smallest absolute Gasteiger partial charge is 0.225 e. The fourth-order valence-electron chi connectivity index (χ4n) is 2.04. The third-order valence-corrected chi connectivity index (χ3v) is 3.53. The van der Waals surface area contributed by atoms with Crippen molar-refractivity contribution in [3.05, 3.63) is 16.9 Å². The van der Waals surface area contributed by atoms with Crippen molar-refractivity contribution in [2.75, 3.05) is 37.6 Å². The first-order chi connectivity index (χ1) is 9.20. The number of rotatable bonds is 4. The Kier molecular flexibility index (Phi) is 5.09. The maximum atomic E-state index is 11.9. The van der Waals surface area contributed by atoms with Crippen molar-refractivity contribution in [1.29, 1.82) is 0 Å². The van der Waals surface area contributed by atoms with Crippen molar-refractivity contribution in [3.8, 4) is 0 Å². The fraction of sp³-hybridized carbons (Fsp3) is 0.583. The summed E-state index contributed by atoms with van der Waals surface area (Å²) in [4.78, 5) is 24.4. The highest BCUT2D eigenvalue weighted by atomic mass is 79.9. The highest BCUT2D eigenvalue weighted by molar-refractivity contribution is 9.10. The van der Waals surface area contributed by atoms with Crippen LogP contribution in [-0.2, 0) is 4.79 Å². The zero-order valence-corrected chi connectivity index (χ0v) is 12.3. The van der Waals surface area contributed by atoms with E-state index in [0.29, 0.717) is 13.0 Å². The van der Waals surface area contributed by atoms with Gasteiger partial charge in [0.15, 0.2) is 0 Å². The van der Waals surface area contributed by atoms with Gasteiger partial charge in [-0.15, -0.1) is 0 Å². The van der Waals surface area contributed by atoms with Gasteiger partial charge in [-0.25, -0.2) is 9.97 Å². The van der Waals surface area contributed by atoms with Gasteiger partial charge < -0.3 is 15.5 Å². The quantitative estimate of drug-likeness (QED) is 0.877. The zero-order valence-electron chi connectivity index (χ0n) is 10.8. The van der Waals surface area contributed by atoms with Crippen LogP contribution in [-0.4, -0.2) is 53.5 Å². The van der Waals surface area contributed by atoms with E-state index in [-0.39, 0.29) is 5.91 Å². The predicted octanol–water partition coefficient (Wildman–Crippen LogP) is 0.627. The van der Waals surface area contributed by atoms with Crippen molar-refractivity contribution < 1.29 is 4.79 Å². The topological polar surface area (TPSA) is 75.4 Å². The lowest BCUT2D eigenvalue weighted by Gasteiger charge is -2.34. The van der Waals surface area contributed by atoms with Gasteiger partial charge in [-0.2, -0.15) is 0 Å². The number of amides is 1. The molecule has 0 bridgehead atoms. The Labute approximate surface area is 121 Å². The highest BCUT2D eigenvalue weighted by Gasteiger charge is 2.21.